The maximum Gasteiger partial charge on any atom is 0.308 e. The second kappa shape index (κ2) is 5.22. The summed E-state index contributed by atoms with van der Waals surface area (Å²) >= 11 is 0. The molecule has 76 valence electrons. The van der Waals surface area contributed by atoms with Gasteiger partial charge in [-0.2, -0.15) is 0 Å². The molecule has 0 unspecified atom stereocenters. The SMILES string of the molecule is CCOC(=O)C[C@H]1CCC[C@@H](C)O1. The van der Waals surface area contributed by atoms with Gasteiger partial charge in [0.05, 0.1) is 25.2 Å². The number of hydrogen-bond donors (Lipinski definition) is 0. The molecule has 0 N–H and O–H groups in total. The molecule has 3 nitrogen and oxygen atoms in total. The summed E-state index contributed by atoms with van der Waals surface area (Å²) in [4.78, 5) is 11.1. The van der Waals surface area contributed by atoms with E-state index in [1.54, 1.807) is 0 Å². The summed E-state index contributed by atoms with van der Waals surface area (Å²) in [5, 5.41) is 0. The molecule has 1 aliphatic heterocycles. The minimum absolute atomic E-state index is 0.0859. The largest absolute Gasteiger partial charge is 0.466 e. The third kappa shape index (κ3) is 3.77. The lowest BCUT2D eigenvalue weighted by Crippen LogP contribution is -2.28. The van der Waals surface area contributed by atoms with Crippen molar-refractivity contribution in [3.8, 4) is 0 Å². The molecule has 1 saturated heterocycles. The van der Waals surface area contributed by atoms with Gasteiger partial charge in [0.1, 0.15) is 0 Å². The van der Waals surface area contributed by atoms with E-state index < -0.39 is 0 Å². The lowest BCUT2D eigenvalue weighted by Gasteiger charge is -2.26. The average Bonchev–Trinajstić information content (AvgIpc) is 2.04. The predicted octanol–water partition coefficient (Wildman–Crippen LogP) is 1.90. The Hall–Kier alpha value is -0.570. The Labute approximate surface area is 79.4 Å². The van der Waals surface area contributed by atoms with Crippen LogP contribution in [0.5, 0.6) is 0 Å². The number of ether oxygens (including phenoxy) is 2. The number of carbonyl (C=O) groups excluding carboxylic acids is 1. The van der Waals surface area contributed by atoms with E-state index in [2.05, 4.69) is 6.92 Å². The van der Waals surface area contributed by atoms with E-state index in [0.717, 1.165) is 19.3 Å². The van der Waals surface area contributed by atoms with E-state index in [-0.39, 0.29) is 12.1 Å². The second-order valence-electron chi connectivity index (χ2n) is 3.51. The molecule has 13 heavy (non-hydrogen) atoms. The van der Waals surface area contributed by atoms with Gasteiger partial charge in [-0.15, -0.1) is 0 Å². The van der Waals surface area contributed by atoms with Gasteiger partial charge in [-0.05, 0) is 33.1 Å². The highest BCUT2D eigenvalue weighted by Gasteiger charge is 2.21. The predicted molar refractivity (Wildman–Crippen MR) is 49.4 cm³/mol. The van der Waals surface area contributed by atoms with Crippen LogP contribution in [0.25, 0.3) is 0 Å². The van der Waals surface area contributed by atoms with Crippen molar-refractivity contribution in [2.45, 2.75) is 51.7 Å². The molecule has 1 heterocycles. The summed E-state index contributed by atoms with van der Waals surface area (Å²) in [6.45, 7) is 4.33. The minimum Gasteiger partial charge on any atom is -0.466 e. The first-order valence-corrected chi connectivity index (χ1v) is 5.03. The normalized spacial score (nSPS) is 28.5. The van der Waals surface area contributed by atoms with E-state index >= 15 is 0 Å². The van der Waals surface area contributed by atoms with E-state index in [1.165, 1.54) is 0 Å². The van der Waals surface area contributed by atoms with Crippen LogP contribution >= 0.6 is 0 Å². The molecule has 1 fully saturated rings. The van der Waals surface area contributed by atoms with Gasteiger partial charge in [-0.25, -0.2) is 0 Å². The number of hydrogen-bond acceptors (Lipinski definition) is 3. The summed E-state index contributed by atoms with van der Waals surface area (Å²) in [6.07, 6.45) is 4.06. The van der Waals surface area contributed by atoms with Gasteiger partial charge in [0, 0.05) is 0 Å². The fourth-order valence-electron chi connectivity index (χ4n) is 1.65. The summed E-state index contributed by atoms with van der Waals surface area (Å²) in [7, 11) is 0. The van der Waals surface area contributed by atoms with Gasteiger partial charge in [0.25, 0.3) is 0 Å². The molecule has 0 radical (unpaired) electrons. The van der Waals surface area contributed by atoms with Crippen LogP contribution < -0.4 is 0 Å². The summed E-state index contributed by atoms with van der Waals surface area (Å²) in [5.41, 5.74) is 0. The highest BCUT2D eigenvalue weighted by atomic mass is 16.5. The molecule has 2 atom stereocenters. The fourth-order valence-corrected chi connectivity index (χ4v) is 1.65. The second-order valence-corrected chi connectivity index (χ2v) is 3.51. The summed E-state index contributed by atoms with van der Waals surface area (Å²) < 4.78 is 10.5. The smallest absolute Gasteiger partial charge is 0.308 e. The molecular weight excluding hydrogens is 168 g/mol. The van der Waals surface area contributed by atoms with Gasteiger partial charge in [-0.1, -0.05) is 0 Å². The molecule has 1 aliphatic rings. The van der Waals surface area contributed by atoms with Crippen molar-refractivity contribution in [3.63, 3.8) is 0 Å². The number of esters is 1. The van der Waals surface area contributed by atoms with E-state index in [4.69, 9.17) is 9.47 Å². The highest BCUT2D eigenvalue weighted by Crippen LogP contribution is 2.20. The Morgan fingerprint density at radius 2 is 2.31 bits per heavy atom. The quantitative estimate of drug-likeness (QED) is 0.631. The van der Waals surface area contributed by atoms with Gasteiger partial charge in [0.2, 0.25) is 0 Å². The first kappa shape index (κ1) is 10.5. The first-order chi connectivity index (χ1) is 6.22. The van der Waals surface area contributed by atoms with E-state index in [1.807, 2.05) is 6.92 Å². The van der Waals surface area contributed by atoms with Crippen molar-refractivity contribution < 1.29 is 14.3 Å². The van der Waals surface area contributed by atoms with Crippen LogP contribution in [0.15, 0.2) is 0 Å². The van der Waals surface area contributed by atoms with Crippen LogP contribution in [0, 0.1) is 0 Å². The summed E-state index contributed by atoms with van der Waals surface area (Å²) in [5.74, 6) is -0.137. The third-order valence-corrected chi connectivity index (χ3v) is 2.26. The van der Waals surface area contributed by atoms with Crippen molar-refractivity contribution in [2.24, 2.45) is 0 Å². The highest BCUT2D eigenvalue weighted by molar-refractivity contribution is 5.69. The van der Waals surface area contributed by atoms with Gasteiger partial charge in [0.15, 0.2) is 0 Å². The van der Waals surface area contributed by atoms with Crippen LogP contribution in [0.3, 0.4) is 0 Å². The molecule has 0 amide bonds. The zero-order chi connectivity index (χ0) is 9.68. The number of rotatable bonds is 3. The Morgan fingerprint density at radius 1 is 1.54 bits per heavy atom. The van der Waals surface area contributed by atoms with Crippen LogP contribution in [0.4, 0.5) is 0 Å². The average molecular weight is 186 g/mol. The monoisotopic (exact) mass is 186 g/mol. The minimum atomic E-state index is -0.137. The van der Waals surface area contributed by atoms with Crippen LogP contribution in [0.1, 0.15) is 39.5 Å². The first-order valence-electron chi connectivity index (χ1n) is 5.03. The Balaban J connectivity index is 2.23. The molecular formula is C10H18O3. The van der Waals surface area contributed by atoms with Gasteiger partial charge in [-0.3, -0.25) is 4.79 Å². The molecule has 0 aromatic heterocycles. The molecule has 0 aromatic rings. The lowest BCUT2D eigenvalue weighted by molar-refractivity contribution is -0.148. The maximum absolute atomic E-state index is 11.1. The molecule has 1 rings (SSSR count). The Bertz CT molecular complexity index is 168. The van der Waals surface area contributed by atoms with E-state index in [9.17, 15) is 4.79 Å². The molecule has 0 aromatic carbocycles. The van der Waals surface area contributed by atoms with E-state index in [0.29, 0.717) is 19.1 Å². The van der Waals surface area contributed by atoms with Gasteiger partial charge >= 0.3 is 5.97 Å². The molecule has 0 saturated carbocycles. The van der Waals surface area contributed by atoms with Crippen LogP contribution in [0.2, 0.25) is 0 Å². The lowest BCUT2D eigenvalue weighted by atomic mass is 10.0. The van der Waals surface area contributed by atoms with Crippen molar-refractivity contribution >= 4 is 5.97 Å². The topological polar surface area (TPSA) is 35.5 Å². The standard InChI is InChI=1S/C10H18O3/c1-3-12-10(11)7-9-6-4-5-8(2)13-9/h8-9H,3-7H2,1-2H3/t8-,9-/m1/s1. The third-order valence-electron chi connectivity index (χ3n) is 2.26. The molecule has 0 spiro atoms. The molecule has 3 heteroatoms. The van der Waals surface area contributed by atoms with Gasteiger partial charge < -0.3 is 9.47 Å². The zero-order valence-electron chi connectivity index (χ0n) is 8.41. The Morgan fingerprint density at radius 3 is 2.92 bits per heavy atom. The zero-order valence-corrected chi connectivity index (χ0v) is 8.41. The van der Waals surface area contributed by atoms with Crippen molar-refractivity contribution in [1.82, 2.24) is 0 Å². The molecule has 0 aliphatic carbocycles. The fraction of sp³-hybridized carbons (Fsp3) is 0.900. The van der Waals surface area contributed by atoms with Crippen LogP contribution in [-0.2, 0) is 14.3 Å². The summed E-state index contributed by atoms with van der Waals surface area (Å²) in [6, 6.07) is 0. The number of carbonyl (C=O) groups is 1. The van der Waals surface area contributed by atoms with Crippen molar-refractivity contribution in [2.75, 3.05) is 6.61 Å². The van der Waals surface area contributed by atoms with Crippen LogP contribution in [-0.4, -0.2) is 24.8 Å². The van der Waals surface area contributed by atoms with Crippen molar-refractivity contribution in [1.29, 1.82) is 0 Å². The van der Waals surface area contributed by atoms with Crippen molar-refractivity contribution in [3.05, 3.63) is 0 Å². The Kier molecular flexibility index (Phi) is 4.22. The maximum atomic E-state index is 11.1. The molecule has 0 bridgehead atoms.